The number of aliphatic hydroxyl groups excluding tert-OH is 2. The van der Waals surface area contributed by atoms with Gasteiger partial charge in [-0.05, 0) is 48.5 Å². The van der Waals surface area contributed by atoms with Gasteiger partial charge in [0.1, 0.15) is 25.4 Å². The van der Waals surface area contributed by atoms with Crippen LogP contribution in [0.25, 0.3) is 0 Å². The largest absolute Gasteiger partial charge is 0.459 e. The molecule has 2 rings (SSSR count). The molecule has 0 amide bonds. The van der Waals surface area contributed by atoms with E-state index in [0.29, 0.717) is 11.1 Å². The Hall–Kier alpha value is -3.22. The van der Waals surface area contributed by atoms with Gasteiger partial charge in [0.05, 0.1) is 50.8 Å². The molecule has 0 heterocycles. The first-order chi connectivity index (χ1) is 18.7. The molecule has 39 heavy (non-hydrogen) atoms. The standard InChI is InChI=1S/C28H40N2O9/c1-29(2)23-9-5-21(6-10-23)27(33)38-19-25(31)17-36-15-13-35-14-16-37-18-26(32)20-39-28(34)22-7-11-24(12-8-22)30(3)4/h5-12,25-26,31-32H,13-20H2,1-4H3. The van der Waals surface area contributed by atoms with Gasteiger partial charge < -0.3 is 43.7 Å². The number of nitrogens with zero attached hydrogens (tertiary/aromatic N) is 2. The highest BCUT2D eigenvalue weighted by Crippen LogP contribution is 2.14. The van der Waals surface area contributed by atoms with Crippen molar-refractivity contribution < 1.29 is 43.5 Å². The fourth-order valence-corrected chi connectivity index (χ4v) is 3.17. The van der Waals surface area contributed by atoms with Gasteiger partial charge in [0.15, 0.2) is 0 Å². The van der Waals surface area contributed by atoms with E-state index in [1.165, 1.54) is 0 Å². The second kappa shape index (κ2) is 17.4. The molecule has 2 atom stereocenters. The second-order valence-corrected chi connectivity index (χ2v) is 9.15. The SMILES string of the molecule is CN(C)c1ccc(C(=O)OCC(O)COCCOCCOCC(O)COC(=O)c2ccc(N(C)C)cc2)cc1. The summed E-state index contributed by atoms with van der Waals surface area (Å²) < 4.78 is 26.3. The molecule has 2 N–H and O–H groups in total. The molecule has 216 valence electrons. The maximum atomic E-state index is 12.1. The average molecular weight is 549 g/mol. The minimum atomic E-state index is -0.952. The molecule has 0 aliphatic heterocycles. The molecule has 2 aromatic carbocycles. The van der Waals surface area contributed by atoms with Crippen LogP contribution in [0.5, 0.6) is 0 Å². The monoisotopic (exact) mass is 548 g/mol. The highest BCUT2D eigenvalue weighted by atomic mass is 16.6. The van der Waals surface area contributed by atoms with E-state index in [2.05, 4.69) is 0 Å². The summed E-state index contributed by atoms with van der Waals surface area (Å²) in [5.41, 5.74) is 2.74. The molecule has 11 nitrogen and oxygen atoms in total. The van der Waals surface area contributed by atoms with Crippen LogP contribution < -0.4 is 9.80 Å². The van der Waals surface area contributed by atoms with Crippen molar-refractivity contribution in [3.8, 4) is 0 Å². The molecule has 0 fully saturated rings. The van der Waals surface area contributed by atoms with Crippen molar-refractivity contribution in [3.05, 3.63) is 59.7 Å². The number of benzene rings is 2. The molecule has 0 aliphatic rings. The van der Waals surface area contributed by atoms with Crippen molar-refractivity contribution in [1.29, 1.82) is 0 Å². The van der Waals surface area contributed by atoms with E-state index in [1.54, 1.807) is 24.3 Å². The van der Waals surface area contributed by atoms with E-state index < -0.39 is 24.1 Å². The lowest BCUT2D eigenvalue weighted by molar-refractivity contribution is -0.0405. The molecule has 0 aromatic heterocycles. The highest BCUT2D eigenvalue weighted by molar-refractivity contribution is 5.90. The highest BCUT2D eigenvalue weighted by Gasteiger charge is 2.13. The Labute approximate surface area is 229 Å². The van der Waals surface area contributed by atoms with Gasteiger partial charge in [-0.2, -0.15) is 0 Å². The van der Waals surface area contributed by atoms with Gasteiger partial charge in [0.2, 0.25) is 0 Å². The van der Waals surface area contributed by atoms with E-state index in [9.17, 15) is 19.8 Å². The predicted octanol–water partition coefficient (Wildman–Crippen LogP) is 1.60. The lowest BCUT2D eigenvalue weighted by Crippen LogP contribution is -2.25. The molecule has 0 bridgehead atoms. The van der Waals surface area contributed by atoms with Crippen molar-refractivity contribution in [1.82, 2.24) is 0 Å². The van der Waals surface area contributed by atoms with Gasteiger partial charge >= 0.3 is 11.9 Å². The zero-order chi connectivity index (χ0) is 28.6. The van der Waals surface area contributed by atoms with Crippen LogP contribution in [0.3, 0.4) is 0 Å². The third-order valence-electron chi connectivity index (χ3n) is 5.42. The Balaban J connectivity index is 1.44. The van der Waals surface area contributed by atoms with Crippen LogP contribution in [0.15, 0.2) is 48.5 Å². The summed E-state index contributed by atoms with van der Waals surface area (Å²) in [7, 11) is 7.63. The number of carbonyl (C=O) groups excluding carboxylic acids is 2. The average Bonchev–Trinajstić information content (AvgIpc) is 2.93. The number of aliphatic hydroxyl groups is 2. The molecular formula is C28H40N2O9. The number of rotatable bonds is 18. The summed E-state index contributed by atoms with van der Waals surface area (Å²) in [6, 6.07) is 13.9. The van der Waals surface area contributed by atoms with Crippen LogP contribution >= 0.6 is 0 Å². The van der Waals surface area contributed by atoms with Gasteiger partial charge in [-0.1, -0.05) is 0 Å². The molecule has 2 aromatic rings. The number of anilines is 2. The summed E-state index contributed by atoms with van der Waals surface area (Å²) in [6.07, 6.45) is -1.90. The van der Waals surface area contributed by atoms with Gasteiger partial charge in [-0.3, -0.25) is 0 Å². The van der Waals surface area contributed by atoms with E-state index in [1.807, 2.05) is 62.3 Å². The first-order valence-electron chi connectivity index (χ1n) is 12.7. The first-order valence-corrected chi connectivity index (χ1v) is 12.7. The Kier molecular flexibility index (Phi) is 14.3. The van der Waals surface area contributed by atoms with Gasteiger partial charge in [-0.15, -0.1) is 0 Å². The molecule has 2 unspecified atom stereocenters. The maximum Gasteiger partial charge on any atom is 0.338 e. The minimum Gasteiger partial charge on any atom is -0.459 e. The van der Waals surface area contributed by atoms with E-state index in [-0.39, 0.29) is 52.9 Å². The van der Waals surface area contributed by atoms with Crippen LogP contribution in [0.1, 0.15) is 20.7 Å². The fraction of sp³-hybridized carbons (Fsp3) is 0.500. The Bertz CT molecular complexity index is 902. The zero-order valence-electron chi connectivity index (χ0n) is 23.1. The van der Waals surface area contributed by atoms with Crippen LogP contribution in [0.4, 0.5) is 11.4 Å². The number of ether oxygens (including phenoxy) is 5. The van der Waals surface area contributed by atoms with Gasteiger partial charge in [0.25, 0.3) is 0 Å². The normalized spacial score (nSPS) is 12.5. The molecule has 0 radical (unpaired) electrons. The fourth-order valence-electron chi connectivity index (χ4n) is 3.17. The number of hydrogen-bond donors (Lipinski definition) is 2. The molecule has 0 saturated heterocycles. The first kappa shape index (κ1) is 32.0. The van der Waals surface area contributed by atoms with Crippen LogP contribution in [0.2, 0.25) is 0 Å². The molecule has 0 saturated carbocycles. The molecular weight excluding hydrogens is 508 g/mol. The van der Waals surface area contributed by atoms with Crippen LogP contribution in [-0.4, -0.2) is 115 Å². The lowest BCUT2D eigenvalue weighted by Gasteiger charge is -2.14. The Morgan fingerprint density at radius 3 is 1.26 bits per heavy atom. The van der Waals surface area contributed by atoms with Crippen molar-refractivity contribution in [2.45, 2.75) is 12.2 Å². The van der Waals surface area contributed by atoms with Gasteiger partial charge in [-0.25, -0.2) is 9.59 Å². The summed E-state index contributed by atoms with van der Waals surface area (Å²) in [4.78, 5) is 28.0. The van der Waals surface area contributed by atoms with Crippen molar-refractivity contribution in [2.75, 3.05) is 90.8 Å². The zero-order valence-corrected chi connectivity index (χ0v) is 23.1. The quantitative estimate of drug-likeness (QED) is 0.208. The molecule has 0 spiro atoms. The van der Waals surface area contributed by atoms with Crippen molar-refractivity contribution in [2.24, 2.45) is 0 Å². The molecule has 11 heteroatoms. The Morgan fingerprint density at radius 2 is 0.923 bits per heavy atom. The maximum absolute atomic E-state index is 12.1. The third kappa shape index (κ3) is 12.5. The smallest absolute Gasteiger partial charge is 0.338 e. The van der Waals surface area contributed by atoms with Gasteiger partial charge in [0, 0.05) is 39.6 Å². The summed E-state index contributed by atoms with van der Waals surface area (Å²) in [6.45, 7) is 0.680. The summed E-state index contributed by atoms with van der Waals surface area (Å²) in [5, 5.41) is 19.9. The summed E-state index contributed by atoms with van der Waals surface area (Å²) in [5.74, 6) is -1.03. The number of hydrogen-bond acceptors (Lipinski definition) is 11. The van der Waals surface area contributed by atoms with Crippen molar-refractivity contribution in [3.63, 3.8) is 0 Å². The van der Waals surface area contributed by atoms with E-state index >= 15 is 0 Å². The second-order valence-electron chi connectivity index (χ2n) is 9.15. The molecule has 0 aliphatic carbocycles. The number of carbonyl (C=O) groups is 2. The third-order valence-corrected chi connectivity index (χ3v) is 5.42. The van der Waals surface area contributed by atoms with Crippen LogP contribution in [0, 0.1) is 0 Å². The van der Waals surface area contributed by atoms with Crippen molar-refractivity contribution >= 4 is 23.3 Å². The lowest BCUT2D eigenvalue weighted by atomic mass is 10.2. The Morgan fingerprint density at radius 1 is 0.590 bits per heavy atom. The van der Waals surface area contributed by atoms with E-state index in [0.717, 1.165) is 11.4 Å². The van der Waals surface area contributed by atoms with E-state index in [4.69, 9.17) is 23.7 Å². The predicted molar refractivity (Wildman–Crippen MR) is 147 cm³/mol. The number of esters is 2. The van der Waals surface area contributed by atoms with Crippen LogP contribution in [-0.2, 0) is 23.7 Å². The summed E-state index contributed by atoms with van der Waals surface area (Å²) >= 11 is 0. The minimum absolute atomic E-state index is 0.00256. The topological polar surface area (TPSA) is 127 Å².